The van der Waals surface area contributed by atoms with Gasteiger partial charge in [-0.25, -0.2) is 0 Å². The van der Waals surface area contributed by atoms with Crippen molar-refractivity contribution in [1.29, 1.82) is 0 Å². The molecule has 1 aromatic rings. The Morgan fingerprint density at radius 1 is 1.50 bits per heavy atom. The summed E-state index contributed by atoms with van der Waals surface area (Å²) in [6, 6.07) is 0. The Hall–Kier alpha value is -0.870. The third kappa shape index (κ3) is 2.82. The third-order valence-electron chi connectivity index (χ3n) is 2.33. The maximum absolute atomic E-state index is 9.32. The number of aliphatic hydroxyl groups is 1. The lowest BCUT2D eigenvalue weighted by molar-refractivity contribution is 0.167. The molecule has 0 amide bonds. The Morgan fingerprint density at radius 3 is 2.71 bits per heavy atom. The summed E-state index contributed by atoms with van der Waals surface area (Å²) in [5.41, 5.74) is 2.01. The number of nitrogens with one attached hydrogen (secondary N) is 1. The minimum atomic E-state index is -0.268. The molecule has 0 saturated carbocycles. The molecule has 1 aromatic heterocycles. The third-order valence-corrected chi connectivity index (χ3v) is 2.33. The number of nitrogens with zero attached hydrogens (tertiary/aromatic N) is 1. The molecule has 0 aliphatic rings. The van der Waals surface area contributed by atoms with Crippen LogP contribution in [0, 0.1) is 13.8 Å². The average molecular weight is 198 g/mol. The van der Waals surface area contributed by atoms with E-state index in [1.165, 1.54) is 0 Å². The van der Waals surface area contributed by atoms with Gasteiger partial charge in [-0.1, -0.05) is 12.1 Å². The van der Waals surface area contributed by atoms with Crippen molar-refractivity contribution in [3.8, 4) is 0 Å². The van der Waals surface area contributed by atoms with Crippen molar-refractivity contribution in [3.05, 3.63) is 17.0 Å². The molecule has 1 atom stereocenters. The lowest BCUT2D eigenvalue weighted by atomic mass is 10.2. The second kappa shape index (κ2) is 5.12. The summed E-state index contributed by atoms with van der Waals surface area (Å²) in [5.74, 6) is 0.848. The average Bonchev–Trinajstić information content (AvgIpc) is 2.48. The molecule has 0 bridgehead atoms. The number of aromatic nitrogens is 1. The zero-order valence-electron chi connectivity index (χ0n) is 9.00. The van der Waals surface area contributed by atoms with Crippen LogP contribution in [0.3, 0.4) is 0 Å². The second-order valence-electron chi connectivity index (χ2n) is 3.50. The summed E-state index contributed by atoms with van der Waals surface area (Å²) in [6.07, 6.45) is 0.504. The molecule has 2 N–H and O–H groups in total. The molecule has 1 unspecified atom stereocenters. The molecule has 0 aliphatic heterocycles. The SMILES string of the molecule is CCC(O)CNCc1c(C)noc1C. The Balaban J connectivity index is 2.38. The highest BCUT2D eigenvalue weighted by molar-refractivity contribution is 5.20. The number of aliphatic hydroxyl groups excluding tert-OH is 1. The fourth-order valence-corrected chi connectivity index (χ4v) is 1.26. The lowest BCUT2D eigenvalue weighted by Gasteiger charge is -2.08. The molecule has 0 aromatic carbocycles. The predicted molar refractivity (Wildman–Crippen MR) is 54.0 cm³/mol. The van der Waals surface area contributed by atoms with Gasteiger partial charge < -0.3 is 14.9 Å². The molecule has 1 heterocycles. The molecule has 1 rings (SSSR count). The normalized spacial score (nSPS) is 13.1. The molecule has 80 valence electrons. The van der Waals surface area contributed by atoms with Gasteiger partial charge in [0.25, 0.3) is 0 Å². The van der Waals surface area contributed by atoms with Gasteiger partial charge in [0.1, 0.15) is 5.76 Å². The maximum Gasteiger partial charge on any atom is 0.138 e. The van der Waals surface area contributed by atoms with E-state index in [1.807, 2.05) is 20.8 Å². The van der Waals surface area contributed by atoms with Crippen LogP contribution in [0.15, 0.2) is 4.52 Å². The van der Waals surface area contributed by atoms with Crippen molar-refractivity contribution >= 4 is 0 Å². The molecule has 0 fully saturated rings. The van der Waals surface area contributed by atoms with Crippen molar-refractivity contribution in [2.75, 3.05) is 6.54 Å². The Bertz CT molecular complexity index is 264. The Morgan fingerprint density at radius 2 is 2.21 bits per heavy atom. The first-order valence-electron chi connectivity index (χ1n) is 4.95. The van der Waals surface area contributed by atoms with Gasteiger partial charge in [0.05, 0.1) is 11.8 Å². The summed E-state index contributed by atoms with van der Waals surface area (Å²) < 4.78 is 5.03. The highest BCUT2D eigenvalue weighted by Crippen LogP contribution is 2.11. The largest absolute Gasteiger partial charge is 0.392 e. The van der Waals surface area contributed by atoms with Crippen molar-refractivity contribution in [2.45, 2.75) is 39.8 Å². The topological polar surface area (TPSA) is 58.3 Å². The van der Waals surface area contributed by atoms with E-state index in [4.69, 9.17) is 4.52 Å². The first kappa shape index (κ1) is 11.2. The van der Waals surface area contributed by atoms with Crippen molar-refractivity contribution in [2.24, 2.45) is 0 Å². The molecule has 0 spiro atoms. The van der Waals surface area contributed by atoms with E-state index in [9.17, 15) is 5.11 Å². The molecule has 0 radical (unpaired) electrons. The van der Waals surface area contributed by atoms with E-state index in [0.29, 0.717) is 13.1 Å². The van der Waals surface area contributed by atoms with E-state index < -0.39 is 0 Å². The van der Waals surface area contributed by atoms with Gasteiger partial charge in [-0.15, -0.1) is 0 Å². The van der Waals surface area contributed by atoms with Gasteiger partial charge in [0.15, 0.2) is 0 Å². The second-order valence-corrected chi connectivity index (χ2v) is 3.50. The summed E-state index contributed by atoms with van der Waals surface area (Å²) in [5, 5.41) is 16.4. The molecule has 0 saturated heterocycles. The smallest absolute Gasteiger partial charge is 0.138 e. The van der Waals surface area contributed by atoms with Gasteiger partial charge in [-0.3, -0.25) is 0 Å². The zero-order chi connectivity index (χ0) is 10.6. The zero-order valence-corrected chi connectivity index (χ0v) is 9.00. The monoisotopic (exact) mass is 198 g/mol. The minimum absolute atomic E-state index is 0.268. The van der Waals surface area contributed by atoms with Gasteiger partial charge in [0, 0.05) is 18.7 Å². The Kier molecular flexibility index (Phi) is 4.10. The molecule has 14 heavy (non-hydrogen) atoms. The quantitative estimate of drug-likeness (QED) is 0.745. The maximum atomic E-state index is 9.32. The number of aryl methyl sites for hydroxylation is 2. The van der Waals surface area contributed by atoms with E-state index >= 15 is 0 Å². The minimum Gasteiger partial charge on any atom is -0.392 e. The van der Waals surface area contributed by atoms with Crippen LogP contribution in [0.25, 0.3) is 0 Å². The van der Waals surface area contributed by atoms with Crippen molar-refractivity contribution in [1.82, 2.24) is 10.5 Å². The first-order valence-corrected chi connectivity index (χ1v) is 4.95. The summed E-state index contributed by atoms with van der Waals surface area (Å²) in [4.78, 5) is 0. The molecule has 0 aliphatic carbocycles. The lowest BCUT2D eigenvalue weighted by Crippen LogP contribution is -2.26. The standard InChI is InChI=1S/C10H18N2O2/c1-4-9(13)5-11-6-10-7(2)12-14-8(10)3/h9,11,13H,4-6H2,1-3H3. The molecular weight excluding hydrogens is 180 g/mol. The van der Waals surface area contributed by atoms with Gasteiger partial charge in [0.2, 0.25) is 0 Å². The van der Waals surface area contributed by atoms with E-state index in [1.54, 1.807) is 0 Å². The summed E-state index contributed by atoms with van der Waals surface area (Å²) in [6.45, 7) is 7.10. The number of hydrogen-bond donors (Lipinski definition) is 2. The predicted octanol–water partition coefficient (Wildman–Crippen LogP) is 1.15. The highest BCUT2D eigenvalue weighted by Gasteiger charge is 2.08. The van der Waals surface area contributed by atoms with Crippen LogP contribution in [0.5, 0.6) is 0 Å². The molecule has 4 heteroatoms. The number of rotatable bonds is 5. The fourth-order valence-electron chi connectivity index (χ4n) is 1.26. The Labute approximate surface area is 84.3 Å². The van der Waals surface area contributed by atoms with E-state index in [2.05, 4.69) is 10.5 Å². The highest BCUT2D eigenvalue weighted by atomic mass is 16.5. The summed E-state index contributed by atoms with van der Waals surface area (Å²) >= 11 is 0. The van der Waals surface area contributed by atoms with Crippen LogP contribution >= 0.6 is 0 Å². The van der Waals surface area contributed by atoms with Crippen LogP contribution < -0.4 is 5.32 Å². The fraction of sp³-hybridized carbons (Fsp3) is 0.700. The van der Waals surface area contributed by atoms with Crippen LogP contribution in [0.4, 0.5) is 0 Å². The van der Waals surface area contributed by atoms with Gasteiger partial charge in [-0.2, -0.15) is 0 Å². The van der Waals surface area contributed by atoms with Crippen LogP contribution in [0.2, 0.25) is 0 Å². The molecule has 4 nitrogen and oxygen atoms in total. The van der Waals surface area contributed by atoms with Crippen molar-refractivity contribution in [3.63, 3.8) is 0 Å². The van der Waals surface area contributed by atoms with Crippen LogP contribution in [0.1, 0.15) is 30.4 Å². The molecular formula is C10H18N2O2. The van der Waals surface area contributed by atoms with Crippen molar-refractivity contribution < 1.29 is 9.63 Å². The van der Waals surface area contributed by atoms with Gasteiger partial charge >= 0.3 is 0 Å². The number of hydrogen-bond acceptors (Lipinski definition) is 4. The van der Waals surface area contributed by atoms with Gasteiger partial charge in [-0.05, 0) is 20.3 Å². The van der Waals surface area contributed by atoms with E-state index in [0.717, 1.165) is 23.4 Å². The van der Waals surface area contributed by atoms with Crippen LogP contribution in [-0.4, -0.2) is 22.9 Å². The van der Waals surface area contributed by atoms with Crippen LogP contribution in [-0.2, 0) is 6.54 Å². The first-order chi connectivity index (χ1) is 6.65. The van der Waals surface area contributed by atoms with E-state index in [-0.39, 0.29) is 6.10 Å². The summed E-state index contributed by atoms with van der Waals surface area (Å²) in [7, 11) is 0.